The molecule has 3 aromatic heterocycles. The van der Waals surface area contributed by atoms with E-state index in [1.54, 1.807) is 12.3 Å². The van der Waals surface area contributed by atoms with Crippen LogP contribution in [0.25, 0.3) is 11.3 Å². The molecular formula is C22H26N6O4S2. The van der Waals surface area contributed by atoms with E-state index in [9.17, 15) is 13.2 Å². The molecule has 0 unspecified atom stereocenters. The fourth-order valence-electron chi connectivity index (χ4n) is 3.71. The first-order valence-corrected chi connectivity index (χ1v) is 13.1. The van der Waals surface area contributed by atoms with Crippen molar-refractivity contribution in [2.24, 2.45) is 5.73 Å². The SMILES string of the molecule is CCOc1cncc(-c2cnc(C(N)=O)c(C(C)(C)c3nc(NS(=O)(=O)C4CC4)sc3C)c2)n1. The van der Waals surface area contributed by atoms with E-state index in [0.717, 1.165) is 4.88 Å². The Morgan fingerprint density at radius 1 is 1.26 bits per heavy atom. The van der Waals surface area contributed by atoms with Crippen molar-refractivity contribution >= 4 is 32.4 Å². The number of aryl methyl sites for hydroxylation is 1. The van der Waals surface area contributed by atoms with E-state index in [4.69, 9.17) is 10.5 Å². The summed E-state index contributed by atoms with van der Waals surface area (Å²) >= 11 is 1.25. The fraction of sp³-hybridized carbons (Fsp3) is 0.409. The van der Waals surface area contributed by atoms with Crippen molar-refractivity contribution in [3.63, 3.8) is 0 Å². The van der Waals surface area contributed by atoms with Gasteiger partial charge in [-0.1, -0.05) is 13.8 Å². The van der Waals surface area contributed by atoms with Crippen molar-refractivity contribution in [1.29, 1.82) is 0 Å². The molecule has 1 saturated carbocycles. The zero-order valence-corrected chi connectivity index (χ0v) is 21.0. The maximum Gasteiger partial charge on any atom is 0.267 e. The van der Waals surface area contributed by atoms with Gasteiger partial charge in [0, 0.05) is 22.1 Å². The van der Waals surface area contributed by atoms with Crippen molar-refractivity contribution < 1.29 is 17.9 Å². The van der Waals surface area contributed by atoms with Crippen LogP contribution >= 0.6 is 11.3 Å². The zero-order chi connectivity index (χ0) is 24.7. The highest BCUT2D eigenvalue weighted by Crippen LogP contribution is 2.40. The number of carbonyl (C=O) groups excluding carboxylic acids is 1. The first-order valence-electron chi connectivity index (χ1n) is 10.8. The lowest BCUT2D eigenvalue weighted by molar-refractivity contribution is 0.0993. The zero-order valence-electron chi connectivity index (χ0n) is 19.3. The number of nitrogens with zero attached hydrogens (tertiary/aromatic N) is 4. The van der Waals surface area contributed by atoms with Gasteiger partial charge in [-0.05, 0) is 38.3 Å². The average Bonchev–Trinajstić information content (AvgIpc) is 3.58. The molecule has 3 aromatic rings. The number of ether oxygens (including phenoxy) is 1. The molecular weight excluding hydrogens is 476 g/mol. The number of hydrogen-bond acceptors (Lipinski definition) is 9. The molecule has 0 radical (unpaired) electrons. The Balaban J connectivity index is 1.77. The van der Waals surface area contributed by atoms with E-state index < -0.39 is 21.3 Å². The number of primary amides is 1. The number of amides is 1. The lowest BCUT2D eigenvalue weighted by atomic mass is 9.79. The van der Waals surface area contributed by atoms with Gasteiger partial charge < -0.3 is 10.5 Å². The molecule has 0 saturated heterocycles. The van der Waals surface area contributed by atoms with E-state index in [0.29, 0.717) is 53.0 Å². The summed E-state index contributed by atoms with van der Waals surface area (Å²) in [6.45, 7) is 7.95. The summed E-state index contributed by atoms with van der Waals surface area (Å²) in [5, 5.41) is -0.0587. The highest BCUT2D eigenvalue weighted by Gasteiger charge is 2.38. The lowest BCUT2D eigenvalue weighted by Gasteiger charge is -2.26. The smallest absolute Gasteiger partial charge is 0.267 e. The molecule has 1 aliphatic rings. The Morgan fingerprint density at radius 2 is 2.00 bits per heavy atom. The second kappa shape index (κ2) is 8.91. The number of nitrogens with one attached hydrogen (secondary N) is 1. The minimum absolute atomic E-state index is 0.107. The van der Waals surface area contributed by atoms with E-state index >= 15 is 0 Å². The molecule has 1 amide bonds. The van der Waals surface area contributed by atoms with Gasteiger partial charge in [0.1, 0.15) is 5.69 Å². The Bertz CT molecular complexity index is 1350. The molecule has 4 rings (SSSR count). The van der Waals surface area contributed by atoms with Gasteiger partial charge in [0.15, 0.2) is 5.13 Å². The van der Waals surface area contributed by atoms with Gasteiger partial charge in [0.25, 0.3) is 5.91 Å². The van der Waals surface area contributed by atoms with E-state index in [-0.39, 0.29) is 10.9 Å². The molecule has 180 valence electrons. The quantitative estimate of drug-likeness (QED) is 0.453. The number of carbonyl (C=O) groups is 1. The summed E-state index contributed by atoms with van der Waals surface area (Å²) in [5.41, 5.74) is 7.27. The summed E-state index contributed by atoms with van der Waals surface area (Å²) in [6, 6.07) is 1.79. The number of hydrogen-bond donors (Lipinski definition) is 2. The minimum Gasteiger partial charge on any atom is -0.477 e. The number of nitrogens with two attached hydrogens (primary N) is 1. The summed E-state index contributed by atoms with van der Waals surface area (Å²) in [4.78, 5) is 30.6. The highest BCUT2D eigenvalue weighted by atomic mass is 32.2. The van der Waals surface area contributed by atoms with Crippen LogP contribution in [0.4, 0.5) is 5.13 Å². The second-order valence-electron chi connectivity index (χ2n) is 8.56. The van der Waals surface area contributed by atoms with Crippen LogP contribution in [0.5, 0.6) is 5.88 Å². The summed E-state index contributed by atoms with van der Waals surface area (Å²) in [5.74, 6) is -0.297. The van der Waals surface area contributed by atoms with Crippen LogP contribution < -0.4 is 15.2 Å². The van der Waals surface area contributed by atoms with Crippen molar-refractivity contribution in [3.05, 3.63) is 46.5 Å². The first kappa shape index (κ1) is 24.0. The number of sulfonamides is 1. The summed E-state index contributed by atoms with van der Waals surface area (Å²) < 4.78 is 32.8. The third-order valence-corrected chi connectivity index (χ3v) is 8.42. The van der Waals surface area contributed by atoms with Crippen LogP contribution in [0.3, 0.4) is 0 Å². The summed E-state index contributed by atoms with van der Waals surface area (Å²) in [6.07, 6.45) is 5.94. The number of anilines is 1. The molecule has 3 heterocycles. The molecule has 0 spiro atoms. The monoisotopic (exact) mass is 502 g/mol. The van der Waals surface area contributed by atoms with Crippen LogP contribution in [-0.4, -0.2) is 46.1 Å². The first-order chi connectivity index (χ1) is 16.0. The average molecular weight is 503 g/mol. The topological polar surface area (TPSA) is 150 Å². The third-order valence-electron chi connectivity index (χ3n) is 5.58. The van der Waals surface area contributed by atoms with E-state index in [1.807, 2.05) is 27.7 Å². The Labute approximate surface area is 202 Å². The predicted molar refractivity (Wildman–Crippen MR) is 129 cm³/mol. The second-order valence-corrected chi connectivity index (χ2v) is 11.7. The molecule has 0 aliphatic heterocycles. The van der Waals surface area contributed by atoms with Gasteiger partial charge in [-0.25, -0.2) is 18.4 Å². The van der Waals surface area contributed by atoms with Gasteiger partial charge in [-0.2, -0.15) is 0 Å². The molecule has 12 heteroatoms. The fourth-order valence-corrected chi connectivity index (χ4v) is 6.27. The van der Waals surface area contributed by atoms with E-state index in [1.165, 1.54) is 23.7 Å². The minimum atomic E-state index is -3.44. The molecule has 0 aromatic carbocycles. The van der Waals surface area contributed by atoms with Gasteiger partial charge in [0.2, 0.25) is 15.9 Å². The van der Waals surface area contributed by atoms with Gasteiger partial charge >= 0.3 is 0 Å². The maximum atomic E-state index is 12.4. The number of aromatic nitrogens is 4. The van der Waals surface area contributed by atoms with Crippen molar-refractivity contribution in [3.8, 4) is 17.1 Å². The van der Waals surface area contributed by atoms with Crippen LogP contribution in [-0.2, 0) is 15.4 Å². The number of rotatable bonds is 9. The molecule has 1 fully saturated rings. The van der Waals surface area contributed by atoms with Crippen molar-refractivity contribution in [2.75, 3.05) is 11.3 Å². The molecule has 0 bridgehead atoms. The van der Waals surface area contributed by atoms with Crippen molar-refractivity contribution in [2.45, 2.75) is 51.2 Å². The molecule has 3 N–H and O–H groups in total. The molecule has 0 atom stereocenters. The maximum absolute atomic E-state index is 12.4. The molecule has 34 heavy (non-hydrogen) atoms. The van der Waals surface area contributed by atoms with Crippen LogP contribution in [0.1, 0.15) is 60.2 Å². The normalized spacial score (nSPS) is 14.1. The summed E-state index contributed by atoms with van der Waals surface area (Å²) in [7, 11) is -3.44. The van der Waals surface area contributed by atoms with Crippen LogP contribution in [0.15, 0.2) is 24.7 Å². The number of thiazole rings is 1. The van der Waals surface area contributed by atoms with E-state index in [2.05, 4.69) is 24.7 Å². The van der Waals surface area contributed by atoms with Gasteiger partial charge in [-0.15, -0.1) is 11.3 Å². The Hall–Kier alpha value is -3.12. The Kier molecular flexibility index (Phi) is 6.30. The largest absolute Gasteiger partial charge is 0.477 e. The predicted octanol–water partition coefficient (Wildman–Crippen LogP) is 3.03. The van der Waals surface area contributed by atoms with Gasteiger partial charge in [-0.3, -0.25) is 19.5 Å². The van der Waals surface area contributed by atoms with Crippen LogP contribution in [0.2, 0.25) is 0 Å². The molecule has 10 nitrogen and oxygen atoms in total. The third kappa shape index (κ3) is 4.73. The highest BCUT2D eigenvalue weighted by molar-refractivity contribution is 7.93. The van der Waals surface area contributed by atoms with Crippen LogP contribution in [0, 0.1) is 6.92 Å². The van der Waals surface area contributed by atoms with Crippen molar-refractivity contribution in [1.82, 2.24) is 19.9 Å². The molecule has 1 aliphatic carbocycles. The number of pyridine rings is 1. The standard InChI is InChI=1S/C22H26N6O4S2/c1-5-32-17-11-24-10-16(26-17)13-8-15(18(20(23)29)25-9-13)22(3,4)19-12(2)33-21(27-19)28-34(30,31)14-6-7-14/h8-11,14H,5-7H2,1-4H3,(H2,23,29)(H,27,28). The van der Waals surface area contributed by atoms with Gasteiger partial charge in [0.05, 0.1) is 35.6 Å². The Morgan fingerprint density at radius 3 is 2.65 bits per heavy atom. The lowest BCUT2D eigenvalue weighted by Crippen LogP contribution is -2.27.